The van der Waals surface area contributed by atoms with Crippen LogP contribution in [-0.4, -0.2) is 39.8 Å². The zero-order chi connectivity index (χ0) is 11.6. The largest absolute Gasteiger partial charge is 0.408 e. The van der Waals surface area contributed by atoms with E-state index in [0.717, 1.165) is 0 Å². The van der Waals surface area contributed by atoms with Gasteiger partial charge in [-0.2, -0.15) is 0 Å². The summed E-state index contributed by atoms with van der Waals surface area (Å²) in [5.74, 6) is 0.0369. The third-order valence-electron chi connectivity index (χ3n) is 2.86. The van der Waals surface area contributed by atoms with E-state index in [4.69, 9.17) is 4.43 Å². The molecule has 4 heteroatoms. The molecule has 0 N–H and O–H groups in total. The van der Waals surface area contributed by atoms with Gasteiger partial charge in [0.05, 0.1) is 0 Å². The lowest BCUT2D eigenvalue weighted by atomic mass is 10.2. The van der Waals surface area contributed by atoms with Gasteiger partial charge in [-0.05, 0) is 18.1 Å². The Labute approximate surface area is 88.6 Å². The molecule has 0 atom stereocenters. The maximum absolute atomic E-state index is 11.3. The topological polar surface area (TPSA) is 29.5 Å². The summed E-state index contributed by atoms with van der Waals surface area (Å²) in [5, 5.41) is 0.166. The molecule has 0 unspecified atom stereocenters. The highest BCUT2D eigenvalue weighted by atomic mass is 28.4. The monoisotopic (exact) mass is 217 g/mol. The molecule has 0 saturated carbocycles. The highest BCUT2D eigenvalue weighted by Gasteiger charge is 2.37. The van der Waals surface area contributed by atoms with E-state index >= 15 is 0 Å². The van der Waals surface area contributed by atoms with Crippen LogP contribution < -0.4 is 0 Å². The van der Waals surface area contributed by atoms with Crippen molar-refractivity contribution in [3.05, 3.63) is 0 Å². The van der Waals surface area contributed by atoms with Crippen LogP contribution in [0.2, 0.25) is 18.1 Å². The molecule has 0 spiro atoms. The van der Waals surface area contributed by atoms with Crippen molar-refractivity contribution in [2.24, 2.45) is 0 Å². The van der Waals surface area contributed by atoms with Crippen LogP contribution in [0.5, 0.6) is 0 Å². The van der Waals surface area contributed by atoms with Crippen molar-refractivity contribution in [1.82, 2.24) is 4.90 Å². The first-order valence-corrected chi connectivity index (χ1v) is 7.83. The zero-order valence-corrected chi connectivity index (χ0v) is 11.5. The predicted molar refractivity (Wildman–Crippen MR) is 61.8 cm³/mol. The summed E-state index contributed by atoms with van der Waals surface area (Å²) >= 11 is 0. The third-order valence-corrected chi connectivity index (χ3v) is 7.34. The van der Waals surface area contributed by atoms with Crippen LogP contribution in [-0.2, 0) is 9.22 Å². The smallest absolute Gasteiger partial charge is 0.246 e. The molecule has 14 heavy (non-hydrogen) atoms. The molecule has 0 aromatic heterocycles. The molecule has 84 valence electrons. The minimum absolute atomic E-state index is 0.0369. The van der Waals surface area contributed by atoms with Crippen LogP contribution >= 0.6 is 0 Å². The molecule has 1 amide bonds. The summed E-state index contributed by atoms with van der Waals surface area (Å²) in [4.78, 5) is 12.9. The Morgan fingerprint density at radius 1 is 1.29 bits per heavy atom. The van der Waals surface area contributed by atoms with Gasteiger partial charge in [-0.3, -0.25) is 4.79 Å². The number of likely N-dealkylation sites (N-methyl/N-ethyl adjacent to an activating group) is 1. The first-order valence-electron chi connectivity index (χ1n) is 4.92. The van der Waals surface area contributed by atoms with Gasteiger partial charge >= 0.3 is 0 Å². The summed E-state index contributed by atoms with van der Waals surface area (Å²) in [6, 6.07) is 0. The normalized spacial score (nSPS) is 12.8. The highest BCUT2D eigenvalue weighted by molar-refractivity contribution is 6.74. The number of rotatable bonds is 3. The quantitative estimate of drug-likeness (QED) is 0.678. The number of carbonyl (C=O) groups excluding carboxylic acids is 1. The van der Waals surface area contributed by atoms with Gasteiger partial charge in [0.15, 0.2) is 8.32 Å². The average Bonchev–Trinajstić information content (AvgIpc) is 1.97. The molecule has 0 aliphatic carbocycles. The van der Waals surface area contributed by atoms with Gasteiger partial charge in [0.25, 0.3) is 0 Å². The van der Waals surface area contributed by atoms with Crippen molar-refractivity contribution in [3.8, 4) is 0 Å². The molecule has 0 aliphatic rings. The molecule has 3 nitrogen and oxygen atoms in total. The summed E-state index contributed by atoms with van der Waals surface area (Å²) in [6.45, 7) is 11.0. The van der Waals surface area contributed by atoms with E-state index in [9.17, 15) is 4.79 Å². The zero-order valence-electron chi connectivity index (χ0n) is 10.5. The molecule has 0 saturated heterocycles. The van der Waals surface area contributed by atoms with E-state index in [0.29, 0.717) is 0 Å². The van der Waals surface area contributed by atoms with Crippen molar-refractivity contribution in [2.75, 3.05) is 20.7 Å². The van der Waals surface area contributed by atoms with Gasteiger partial charge in [-0.1, -0.05) is 20.8 Å². The van der Waals surface area contributed by atoms with Crippen molar-refractivity contribution >= 4 is 14.2 Å². The number of amides is 1. The summed E-state index contributed by atoms with van der Waals surface area (Å²) in [6.07, 6.45) is 0. The second-order valence-electron chi connectivity index (χ2n) is 5.34. The number of nitrogens with zero attached hydrogens (tertiary/aromatic N) is 1. The number of hydrogen-bond acceptors (Lipinski definition) is 2. The van der Waals surface area contributed by atoms with E-state index in [2.05, 4.69) is 33.9 Å². The molecule has 0 rings (SSSR count). The maximum atomic E-state index is 11.3. The van der Waals surface area contributed by atoms with E-state index in [1.807, 2.05) is 0 Å². The Morgan fingerprint density at radius 2 is 1.71 bits per heavy atom. The van der Waals surface area contributed by atoms with Crippen molar-refractivity contribution in [3.63, 3.8) is 0 Å². The van der Waals surface area contributed by atoms with Gasteiger partial charge in [0, 0.05) is 14.1 Å². The Kier molecular flexibility index (Phi) is 4.33. The fourth-order valence-electron chi connectivity index (χ4n) is 0.588. The van der Waals surface area contributed by atoms with Crippen LogP contribution in [0.4, 0.5) is 0 Å². The Morgan fingerprint density at radius 3 is 2.00 bits per heavy atom. The lowest BCUT2D eigenvalue weighted by Gasteiger charge is -2.36. The fraction of sp³-hybridized carbons (Fsp3) is 0.900. The van der Waals surface area contributed by atoms with Crippen molar-refractivity contribution in [1.29, 1.82) is 0 Å². The first kappa shape index (κ1) is 13.6. The van der Waals surface area contributed by atoms with Gasteiger partial charge < -0.3 is 9.33 Å². The third kappa shape index (κ3) is 3.80. The summed E-state index contributed by atoms with van der Waals surface area (Å²) in [7, 11) is 1.73. The first-order chi connectivity index (χ1) is 6.08. The highest BCUT2D eigenvalue weighted by Crippen LogP contribution is 2.36. The second-order valence-corrected chi connectivity index (χ2v) is 10.1. The number of carbonyl (C=O) groups is 1. The van der Waals surface area contributed by atoms with E-state index < -0.39 is 8.32 Å². The molecule has 0 fully saturated rings. The van der Waals surface area contributed by atoms with E-state index in [-0.39, 0.29) is 17.6 Å². The van der Waals surface area contributed by atoms with Crippen LogP contribution in [0.3, 0.4) is 0 Å². The minimum atomic E-state index is -1.76. The van der Waals surface area contributed by atoms with Gasteiger partial charge in [0.2, 0.25) is 5.91 Å². The summed E-state index contributed by atoms with van der Waals surface area (Å²) < 4.78 is 5.76. The molecule has 0 aromatic carbocycles. The van der Waals surface area contributed by atoms with Crippen molar-refractivity contribution < 1.29 is 9.22 Å². The lowest BCUT2D eigenvalue weighted by Crippen LogP contribution is -2.43. The summed E-state index contributed by atoms with van der Waals surface area (Å²) in [5.41, 5.74) is 0. The van der Waals surface area contributed by atoms with Crippen LogP contribution in [0.25, 0.3) is 0 Å². The van der Waals surface area contributed by atoms with Crippen molar-refractivity contribution in [2.45, 2.75) is 38.9 Å². The second kappa shape index (κ2) is 4.44. The minimum Gasteiger partial charge on any atom is -0.408 e. The van der Waals surface area contributed by atoms with Gasteiger partial charge in [-0.15, -0.1) is 0 Å². The van der Waals surface area contributed by atoms with Gasteiger partial charge in [0.1, 0.15) is 6.61 Å². The lowest BCUT2D eigenvalue weighted by molar-refractivity contribution is -0.131. The number of hydrogen-bond donors (Lipinski definition) is 0. The molecule has 0 heterocycles. The molecular formula is C10H23NO2Si. The molecule has 0 bridgehead atoms. The Balaban J connectivity index is 4.20. The standard InChI is InChI=1S/C10H23NO2Si/c1-10(2,3)14(6,7)13-8-9(12)11(4)5/h8H2,1-7H3. The van der Waals surface area contributed by atoms with E-state index in [1.165, 1.54) is 0 Å². The maximum Gasteiger partial charge on any atom is 0.246 e. The average molecular weight is 217 g/mol. The Bertz CT molecular complexity index is 207. The van der Waals surface area contributed by atoms with Gasteiger partial charge in [-0.25, -0.2) is 0 Å². The molecular weight excluding hydrogens is 194 g/mol. The SMILES string of the molecule is CN(C)C(=O)CO[Si](C)(C)C(C)(C)C. The van der Waals surface area contributed by atoms with Crippen LogP contribution in [0.1, 0.15) is 20.8 Å². The van der Waals surface area contributed by atoms with Crippen LogP contribution in [0, 0.1) is 0 Å². The molecule has 0 aliphatic heterocycles. The fourth-order valence-corrected chi connectivity index (χ4v) is 1.51. The predicted octanol–water partition coefficient (Wildman–Crippen LogP) is 2.10. The van der Waals surface area contributed by atoms with E-state index in [1.54, 1.807) is 19.0 Å². The Hall–Kier alpha value is -0.353. The molecule has 0 aromatic rings. The molecule has 0 radical (unpaired) electrons. The van der Waals surface area contributed by atoms with Crippen LogP contribution in [0.15, 0.2) is 0 Å².